The second-order valence-electron chi connectivity index (χ2n) is 9.16. The van der Waals surface area contributed by atoms with Crippen molar-refractivity contribution in [2.75, 3.05) is 18.8 Å². The molecule has 3 saturated heterocycles. The predicted octanol–water partition coefficient (Wildman–Crippen LogP) is 2.06. The summed E-state index contributed by atoms with van der Waals surface area (Å²) in [7, 11) is -3.35. The zero-order valence-corrected chi connectivity index (χ0v) is 18.4. The Morgan fingerprint density at radius 2 is 1.75 bits per heavy atom. The van der Waals surface area contributed by atoms with Gasteiger partial charge in [-0.2, -0.15) is 4.31 Å². The van der Waals surface area contributed by atoms with Gasteiger partial charge in [0, 0.05) is 23.7 Å². The minimum absolute atomic E-state index is 0.110. The van der Waals surface area contributed by atoms with Crippen LogP contribution in [0, 0.1) is 5.92 Å². The van der Waals surface area contributed by atoms with Gasteiger partial charge in [-0.05, 0) is 75.7 Å². The van der Waals surface area contributed by atoms with Crippen molar-refractivity contribution in [3.63, 3.8) is 0 Å². The van der Waals surface area contributed by atoms with Gasteiger partial charge in [-0.15, -0.1) is 8.78 Å². The van der Waals surface area contributed by atoms with Crippen LogP contribution in [-0.4, -0.2) is 61.9 Å². The molecule has 0 spiro atoms. The SMILES string of the molecule is O=C(N[C@@H]1C[C@H]2CC[C@@H](C1)N2S(=O)(=O)CC1CCNCC1)c1ccc2c(c1)OC(F)(F)O2. The van der Waals surface area contributed by atoms with Crippen LogP contribution in [0.2, 0.25) is 0 Å². The summed E-state index contributed by atoms with van der Waals surface area (Å²) in [6.45, 7) is 1.72. The summed E-state index contributed by atoms with van der Waals surface area (Å²) >= 11 is 0. The molecule has 3 fully saturated rings. The Bertz CT molecular complexity index is 985. The van der Waals surface area contributed by atoms with Gasteiger partial charge >= 0.3 is 6.29 Å². The summed E-state index contributed by atoms with van der Waals surface area (Å²) in [6.07, 6.45) is 0.712. The molecule has 5 rings (SSSR count). The van der Waals surface area contributed by atoms with E-state index in [2.05, 4.69) is 20.1 Å². The maximum absolute atomic E-state index is 13.2. The first-order chi connectivity index (χ1) is 15.2. The molecule has 1 amide bonds. The zero-order valence-electron chi connectivity index (χ0n) is 17.6. The van der Waals surface area contributed by atoms with Crippen molar-refractivity contribution in [1.82, 2.24) is 14.9 Å². The van der Waals surface area contributed by atoms with E-state index >= 15 is 0 Å². The summed E-state index contributed by atoms with van der Waals surface area (Å²) in [5.41, 5.74) is 0.193. The smallest absolute Gasteiger partial charge is 0.395 e. The molecule has 2 bridgehead atoms. The van der Waals surface area contributed by atoms with E-state index < -0.39 is 22.2 Å². The molecule has 1 aromatic carbocycles. The molecule has 3 atom stereocenters. The summed E-state index contributed by atoms with van der Waals surface area (Å²) < 4.78 is 63.2. The fourth-order valence-electron chi connectivity index (χ4n) is 5.50. The number of nitrogens with zero attached hydrogens (tertiary/aromatic N) is 1. The highest BCUT2D eigenvalue weighted by atomic mass is 32.2. The number of rotatable bonds is 5. The van der Waals surface area contributed by atoms with Crippen LogP contribution in [0.25, 0.3) is 0 Å². The molecule has 32 heavy (non-hydrogen) atoms. The van der Waals surface area contributed by atoms with Gasteiger partial charge in [-0.25, -0.2) is 8.42 Å². The van der Waals surface area contributed by atoms with Crippen molar-refractivity contribution in [2.45, 2.75) is 62.9 Å². The third kappa shape index (κ3) is 4.29. The molecule has 2 N–H and O–H groups in total. The summed E-state index contributed by atoms with van der Waals surface area (Å²) in [6, 6.07) is 3.54. The second-order valence-corrected chi connectivity index (χ2v) is 11.1. The van der Waals surface area contributed by atoms with E-state index in [9.17, 15) is 22.0 Å². The molecule has 4 aliphatic rings. The van der Waals surface area contributed by atoms with Crippen molar-refractivity contribution < 1.29 is 31.5 Å². The fourth-order valence-corrected chi connectivity index (χ4v) is 7.89. The van der Waals surface area contributed by atoms with E-state index in [1.165, 1.54) is 18.2 Å². The summed E-state index contributed by atoms with van der Waals surface area (Å²) in [5.74, 6) is -0.308. The number of hydrogen-bond donors (Lipinski definition) is 2. The lowest BCUT2D eigenvalue weighted by Gasteiger charge is -2.39. The second kappa shape index (κ2) is 8.11. The Hall–Kier alpha value is -1.98. The molecule has 0 aliphatic carbocycles. The third-order valence-electron chi connectivity index (χ3n) is 6.89. The first-order valence-corrected chi connectivity index (χ1v) is 12.7. The number of hydrogen-bond acceptors (Lipinski definition) is 6. The highest BCUT2D eigenvalue weighted by Crippen LogP contribution is 2.42. The van der Waals surface area contributed by atoms with Gasteiger partial charge in [-0.3, -0.25) is 4.79 Å². The molecule has 4 aliphatic heterocycles. The molecule has 4 heterocycles. The van der Waals surface area contributed by atoms with E-state index in [0.717, 1.165) is 38.8 Å². The predicted molar refractivity (Wildman–Crippen MR) is 111 cm³/mol. The number of ether oxygens (including phenoxy) is 2. The van der Waals surface area contributed by atoms with Crippen molar-refractivity contribution in [1.29, 1.82) is 0 Å². The molecule has 0 unspecified atom stereocenters. The first kappa shape index (κ1) is 21.8. The maximum Gasteiger partial charge on any atom is 0.586 e. The largest absolute Gasteiger partial charge is 0.586 e. The molecule has 0 aromatic heterocycles. The number of carbonyl (C=O) groups excluding carboxylic acids is 1. The molecular weight excluding hydrogens is 444 g/mol. The number of halogens is 2. The maximum atomic E-state index is 13.2. The average Bonchev–Trinajstić information content (AvgIpc) is 3.20. The van der Waals surface area contributed by atoms with Crippen LogP contribution in [0.4, 0.5) is 8.78 Å². The van der Waals surface area contributed by atoms with Gasteiger partial charge in [-0.1, -0.05) is 0 Å². The van der Waals surface area contributed by atoms with Crippen LogP contribution < -0.4 is 20.1 Å². The van der Waals surface area contributed by atoms with Gasteiger partial charge in [0.2, 0.25) is 10.0 Å². The fraction of sp³-hybridized carbons (Fsp3) is 0.667. The van der Waals surface area contributed by atoms with Crippen molar-refractivity contribution >= 4 is 15.9 Å². The molecule has 0 radical (unpaired) electrons. The van der Waals surface area contributed by atoms with Gasteiger partial charge in [0.15, 0.2) is 11.5 Å². The highest BCUT2D eigenvalue weighted by molar-refractivity contribution is 7.89. The highest BCUT2D eigenvalue weighted by Gasteiger charge is 2.47. The van der Waals surface area contributed by atoms with Crippen LogP contribution in [0.15, 0.2) is 18.2 Å². The number of amides is 1. The molecule has 0 saturated carbocycles. The molecule has 1 aromatic rings. The quantitative estimate of drug-likeness (QED) is 0.683. The van der Waals surface area contributed by atoms with E-state index in [1.807, 2.05) is 0 Å². The minimum atomic E-state index is -3.73. The zero-order chi connectivity index (χ0) is 22.5. The van der Waals surface area contributed by atoms with Gasteiger partial charge < -0.3 is 20.1 Å². The van der Waals surface area contributed by atoms with E-state index in [0.29, 0.717) is 12.8 Å². The normalized spacial score (nSPS) is 29.8. The van der Waals surface area contributed by atoms with Gasteiger partial charge in [0.05, 0.1) is 5.75 Å². The molecular formula is C21H27F2N3O5S. The molecule has 176 valence electrons. The average molecular weight is 472 g/mol. The lowest BCUT2D eigenvalue weighted by molar-refractivity contribution is -0.286. The summed E-state index contributed by atoms with van der Waals surface area (Å²) in [4.78, 5) is 12.7. The number of carbonyl (C=O) groups is 1. The lowest BCUT2D eigenvalue weighted by Crippen LogP contribution is -2.53. The van der Waals surface area contributed by atoms with Crippen LogP contribution in [-0.2, 0) is 10.0 Å². The Labute approximate surface area is 185 Å². The number of alkyl halides is 2. The number of sulfonamides is 1. The Morgan fingerprint density at radius 3 is 2.44 bits per heavy atom. The number of fused-ring (bicyclic) bond motifs is 3. The Balaban J connectivity index is 1.22. The Kier molecular flexibility index (Phi) is 5.53. The van der Waals surface area contributed by atoms with Gasteiger partial charge in [0.25, 0.3) is 5.91 Å². The van der Waals surface area contributed by atoms with E-state index in [1.54, 1.807) is 4.31 Å². The first-order valence-electron chi connectivity index (χ1n) is 11.1. The standard InChI is InChI=1S/C21H27F2N3O5S/c22-21(23)30-18-4-1-14(9-19(18)31-21)20(27)25-15-10-16-2-3-17(11-15)26(16)32(28,29)12-13-5-7-24-8-6-13/h1,4,9,13,15-17,24H,2-3,5-8,10-12H2,(H,25,27)/t15-,16-,17+. The Morgan fingerprint density at radius 1 is 1.09 bits per heavy atom. The number of piperidine rings is 2. The van der Waals surface area contributed by atoms with Crippen molar-refractivity contribution in [3.05, 3.63) is 23.8 Å². The minimum Gasteiger partial charge on any atom is -0.395 e. The lowest BCUT2D eigenvalue weighted by atomic mass is 9.99. The molecule has 11 heteroatoms. The van der Waals surface area contributed by atoms with E-state index in [-0.39, 0.29) is 46.9 Å². The van der Waals surface area contributed by atoms with Crippen molar-refractivity contribution in [3.8, 4) is 11.5 Å². The summed E-state index contributed by atoms with van der Waals surface area (Å²) in [5, 5.41) is 6.21. The number of benzene rings is 1. The van der Waals surface area contributed by atoms with Gasteiger partial charge in [0.1, 0.15) is 0 Å². The molecule has 8 nitrogen and oxygen atoms in total. The van der Waals surface area contributed by atoms with Crippen molar-refractivity contribution in [2.24, 2.45) is 5.92 Å². The van der Waals surface area contributed by atoms with Crippen LogP contribution in [0.3, 0.4) is 0 Å². The van der Waals surface area contributed by atoms with Crippen LogP contribution in [0.5, 0.6) is 11.5 Å². The van der Waals surface area contributed by atoms with Crippen LogP contribution >= 0.6 is 0 Å². The number of nitrogens with one attached hydrogen (secondary N) is 2. The van der Waals surface area contributed by atoms with E-state index in [4.69, 9.17) is 0 Å². The monoisotopic (exact) mass is 471 g/mol. The third-order valence-corrected chi connectivity index (χ3v) is 9.02. The van der Waals surface area contributed by atoms with Crippen LogP contribution in [0.1, 0.15) is 48.9 Å². The topological polar surface area (TPSA) is 97.0 Å².